The van der Waals surface area contributed by atoms with E-state index in [-0.39, 0.29) is 18.0 Å². The predicted octanol–water partition coefficient (Wildman–Crippen LogP) is 3.17. The van der Waals surface area contributed by atoms with Crippen LogP contribution in [0.4, 0.5) is 0 Å². The van der Waals surface area contributed by atoms with E-state index in [1.165, 1.54) is 5.56 Å². The van der Waals surface area contributed by atoms with Crippen LogP contribution in [0.1, 0.15) is 27.7 Å². The number of hydrogen-bond acceptors (Lipinski definition) is 4. The van der Waals surface area contributed by atoms with E-state index in [2.05, 4.69) is 9.47 Å². The summed E-state index contributed by atoms with van der Waals surface area (Å²) in [5, 5.41) is 0. The fourth-order valence-electron chi connectivity index (χ4n) is 4.48. The molecular formula is C22H23N3O3. The van der Waals surface area contributed by atoms with Gasteiger partial charge in [0.05, 0.1) is 31.7 Å². The summed E-state index contributed by atoms with van der Waals surface area (Å²) in [5.41, 5.74) is 3.06. The molecule has 0 radical (unpaired) electrons. The van der Waals surface area contributed by atoms with Gasteiger partial charge >= 0.3 is 0 Å². The van der Waals surface area contributed by atoms with Crippen LogP contribution in [0, 0.1) is 0 Å². The molecule has 6 heteroatoms. The van der Waals surface area contributed by atoms with Crippen molar-refractivity contribution in [1.29, 1.82) is 0 Å². The lowest BCUT2D eigenvalue weighted by atomic mass is 10.0. The number of benzene rings is 1. The van der Waals surface area contributed by atoms with E-state index in [1.54, 1.807) is 19.6 Å². The number of carbonyl (C=O) groups excluding carboxylic acids is 1. The van der Waals surface area contributed by atoms with Gasteiger partial charge in [0.25, 0.3) is 5.91 Å². The molecule has 5 rings (SSSR count). The lowest BCUT2D eigenvalue weighted by Gasteiger charge is -2.38. The van der Waals surface area contributed by atoms with Crippen molar-refractivity contribution in [2.45, 2.75) is 25.2 Å². The number of methoxy groups -OCH3 is 1. The molecule has 1 amide bonds. The third kappa shape index (κ3) is 2.90. The molecule has 1 aromatic carbocycles. The van der Waals surface area contributed by atoms with Gasteiger partial charge in [-0.2, -0.15) is 0 Å². The van der Waals surface area contributed by atoms with Gasteiger partial charge in [-0.05, 0) is 35.9 Å². The smallest absolute Gasteiger partial charge is 0.271 e. The van der Waals surface area contributed by atoms with Crippen LogP contribution in [0.15, 0.2) is 65.6 Å². The number of furan rings is 1. The lowest BCUT2D eigenvalue weighted by molar-refractivity contribution is 0.0556. The van der Waals surface area contributed by atoms with Crippen molar-refractivity contribution in [3.8, 4) is 5.75 Å². The Balaban J connectivity index is 1.42. The maximum atomic E-state index is 13.2. The average molecular weight is 377 g/mol. The van der Waals surface area contributed by atoms with Crippen LogP contribution in [0.3, 0.4) is 0 Å². The monoisotopic (exact) mass is 377 g/mol. The number of likely N-dealkylation sites (tertiary alicyclic amines) is 1. The summed E-state index contributed by atoms with van der Waals surface area (Å²) < 4.78 is 12.6. The Kier molecular flexibility index (Phi) is 4.20. The molecule has 2 aromatic heterocycles. The summed E-state index contributed by atoms with van der Waals surface area (Å²) in [6.07, 6.45) is 5.54. The van der Waals surface area contributed by atoms with Gasteiger partial charge < -0.3 is 18.6 Å². The minimum atomic E-state index is 0.104. The van der Waals surface area contributed by atoms with Crippen molar-refractivity contribution in [1.82, 2.24) is 14.4 Å². The molecular weight excluding hydrogens is 354 g/mol. The highest BCUT2D eigenvalue weighted by atomic mass is 16.5. The number of aromatic nitrogens is 1. The van der Waals surface area contributed by atoms with Crippen LogP contribution in [-0.2, 0) is 13.1 Å². The van der Waals surface area contributed by atoms with Gasteiger partial charge in [-0.3, -0.25) is 9.69 Å². The van der Waals surface area contributed by atoms with Crippen LogP contribution in [0.5, 0.6) is 5.75 Å². The quantitative estimate of drug-likeness (QED) is 0.685. The Morgan fingerprint density at radius 2 is 1.86 bits per heavy atom. The summed E-state index contributed by atoms with van der Waals surface area (Å²) in [4.78, 5) is 17.7. The summed E-state index contributed by atoms with van der Waals surface area (Å²) in [6.45, 7) is 3.22. The van der Waals surface area contributed by atoms with Crippen molar-refractivity contribution in [3.05, 3.63) is 78.0 Å². The van der Waals surface area contributed by atoms with E-state index < -0.39 is 0 Å². The summed E-state index contributed by atoms with van der Waals surface area (Å²) in [7, 11) is 1.66. The highest BCUT2D eigenvalue weighted by Gasteiger charge is 2.44. The van der Waals surface area contributed by atoms with E-state index in [4.69, 9.17) is 9.15 Å². The van der Waals surface area contributed by atoms with Crippen molar-refractivity contribution in [2.24, 2.45) is 0 Å². The van der Waals surface area contributed by atoms with Crippen LogP contribution in [-0.4, -0.2) is 46.5 Å². The Morgan fingerprint density at radius 3 is 2.61 bits per heavy atom. The molecule has 0 bridgehead atoms. The van der Waals surface area contributed by atoms with Crippen LogP contribution >= 0.6 is 0 Å². The molecule has 0 aliphatic carbocycles. The van der Waals surface area contributed by atoms with Crippen LogP contribution in [0.2, 0.25) is 0 Å². The van der Waals surface area contributed by atoms with E-state index in [1.807, 2.05) is 53.6 Å². The van der Waals surface area contributed by atoms with Crippen molar-refractivity contribution in [2.75, 3.05) is 20.2 Å². The largest absolute Gasteiger partial charge is 0.497 e. The highest BCUT2D eigenvalue weighted by molar-refractivity contribution is 5.94. The van der Waals surface area contributed by atoms with Crippen LogP contribution in [0.25, 0.3) is 0 Å². The Hall–Kier alpha value is -2.99. The van der Waals surface area contributed by atoms with Gasteiger partial charge in [0.1, 0.15) is 11.4 Å². The van der Waals surface area contributed by atoms with Gasteiger partial charge in [0.15, 0.2) is 0 Å². The standard InChI is InChI=1S/C22H23N3O3/c1-27-18-6-4-16(5-7-18)12-25-21-14-23(11-17-8-10-28-15-17)13-20(21)24-9-2-3-19(24)22(25)26/h2-10,15,20-21H,11-14H2,1H3/t20-,21-/m0/s1. The molecule has 4 heterocycles. The number of carbonyl (C=O) groups is 1. The molecule has 1 saturated heterocycles. The first-order valence-corrected chi connectivity index (χ1v) is 9.57. The normalized spacial score (nSPS) is 21.6. The predicted molar refractivity (Wildman–Crippen MR) is 104 cm³/mol. The average Bonchev–Trinajstić information content (AvgIpc) is 3.46. The number of nitrogens with zero attached hydrogens (tertiary/aromatic N) is 3. The zero-order chi connectivity index (χ0) is 19.1. The van der Waals surface area contributed by atoms with Crippen molar-refractivity contribution < 1.29 is 13.9 Å². The molecule has 6 nitrogen and oxygen atoms in total. The molecule has 0 N–H and O–H groups in total. The maximum Gasteiger partial charge on any atom is 0.271 e. The summed E-state index contributed by atoms with van der Waals surface area (Å²) in [5.74, 6) is 0.930. The zero-order valence-electron chi connectivity index (χ0n) is 15.8. The summed E-state index contributed by atoms with van der Waals surface area (Å²) in [6, 6.07) is 14.3. The topological polar surface area (TPSA) is 50.9 Å². The molecule has 28 heavy (non-hydrogen) atoms. The Bertz CT molecular complexity index is 961. The minimum Gasteiger partial charge on any atom is -0.497 e. The van der Waals surface area contributed by atoms with Gasteiger partial charge in [0, 0.05) is 37.9 Å². The van der Waals surface area contributed by atoms with Gasteiger partial charge in [-0.25, -0.2) is 0 Å². The first-order chi connectivity index (χ1) is 13.7. The number of hydrogen-bond donors (Lipinski definition) is 0. The first-order valence-electron chi connectivity index (χ1n) is 9.57. The fourth-order valence-corrected chi connectivity index (χ4v) is 4.48. The molecule has 0 saturated carbocycles. The second-order valence-corrected chi connectivity index (χ2v) is 7.54. The SMILES string of the molecule is COc1ccc(CN2C(=O)c3cccn3[C@H]3CN(Cc4ccoc4)C[C@@H]32)cc1. The highest BCUT2D eigenvalue weighted by Crippen LogP contribution is 2.35. The van der Waals surface area contributed by atoms with E-state index in [9.17, 15) is 4.79 Å². The summed E-state index contributed by atoms with van der Waals surface area (Å²) >= 11 is 0. The third-order valence-corrected chi connectivity index (χ3v) is 5.85. The minimum absolute atomic E-state index is 0.104. The Labute approximate surface area is 163 Å². The molecule has 0 unspecified atom stereocenters. The number of rotatable bonds is 5. The number of amides is 1. The maximum absolute atomic E-state index is 13.2. The van der Waals surface area contributed by atoms with E-state index >= 15 is 0 Å². The number of ether oxygens (including phenoxy) is 1. The van der Waals surface area contributed by atoms with Gasteiger partial charge in [0.2, 0.25) is 0 Å². The molecule has 144 valence electrons. The molecule has 1 fully saturated rings. The zero-order valence-corrected chi connectivity index (χ0v) is 15.8. The molecule has 3 aromatic rings. The lowest BCUT2D eigenvalue weighted by Crippen LogP contribution is -2.49. The van der Waals surface area contributed by atoms with Crippen LogP contribution < -0.4 is 4.74 Å². The van der Waals surface area contributed by atoms with Crippen molar-refractivity contribution in [3.63, 3.8) is 0 Å². The molecule has 0 spiro atoms. The fraction of sp³-hybridized carbons (Fsp3) is 0.318. The third-order valence-electron chi connectivity index (χ3n) is 5.85. The second-order valence-electron chi connectivity index (χ2n) is 7.54. The van der Waals surface area contributed by atoms with Crippen molar-refractivity contribution >= 4 is 5.91 Å². The molecule has 2 aliphatic heterocycles. The van der Waals surface area contributed by atoms with E-state index in [0.717, 1.165) is 36.6 Å². The van der Waals surface area contributed by atoms with Gasteiger partial charge in [-0.1, -0.05) is 12.1 Å². The molecule has 2 aliphatic rings. The molecule has 2 atom stereocenters. The van der Waals surface area contributed by atoms with E-state index in [0.29, 0.717) is 6.54 Å². The number of fused-ring (bicyclic) bond motifs is 3. The second kappa shape index (κ2) is 6.87. The Morgan fingerprint density at radius 1 is 1.04 bits per heavy atom. The first kappa shape index (κ1) is 17.1. The van der Waals surface area contributed by atoms with Gasteiger partial charge in [-0.15, -0.1) is 0 Å².